The van der Waals surface area contributed by atoms with E-state index in [1.807, 2.05) is 19.1 Å². The summed E-state index contributed by atoms with van der Waals surface area (Å²) in [6.07, 6.45) is 6.41. The average Bonchev–Trinajstić information content (AvgIpc) is 2.55. The minimum atomic E-state index is -3.86. The van der Waals surface area contributed by atoms with Gasteiger partial charge < -0.3 is 0 Å². The van der Waals surface area contributed by atoms with Gasteiger partial charge in [0.1, 0.15) is 5.25 Å². The van der Waals surface area contributed by atoms with E-state index < -0.39 is 10.1 Å². The van der Waals surface area contributed by atoms with E-state index in [-0.39, 0.29) is 5.75 Å². The molecule has 0 saturated heterocycles. The van der Waals surface area contributed by atoms with Crippen molar-refractivity contribution < 1.29 is 17.0 Å². The molecular weight excluding hydrogens is 294 g/mol. The summed E-state index contributed by atoms with van der Waals surface area (Å²) in [5.74, 6) is 0.0947. The Kier molecular flexibility index (Phi) is 4.21. The topological polar surface area (TPSA) is 57.4 Å². The molecule has 1 heterocycles. The Balaban J connectivity index is 2.00. The minimum absolute atomic E-state index is 0.195. The van der Waals surface area contributed by atoms with Gasteiger partial charge in [-0.25, -0.2) is 0 Å². The van der Waals surface area contributed by atoms with Crippen molar-refractivity contribution in [3.05, 3.63) is 23.3 Å². The largest absolute Gasteiger partial charge is 0.286 e. The summed E-state index contributed by atoms with van der Waals surface area (Å²) in [4.78, 5) is 0. The molecule has 2 aliphatic rings. The number of halogens is 1. The van der Waals surface area contributed by atoms with Gasteiger partial charge in [0.25, 0.3) is 10.1 Å². The first kappa shape index (κ1) is 14.1. The maximum Gasteiger partial charge on any atom is 0.265 e. The maximum atomic E-state index is 10.7. The summed E-state index contributed by atoms with van der Waals surface area (Å²) in [5, 5.41) is 1.09. The van der Waals surface area contributed by atoms with Gasteiger partial charge in [-0.3, -0.25) is 4.55 Å². The van der Waals surface area contributed by atoms with Crippen molar-refractivity contribution in [3.8, 4) is 0 Å². The van der Waals surface area contributed by atoms with E-state index in [4.69, 9.17) is 16.2 Å². The van der Waals surface area contributed by atoms with Gasteiger partial charge in [-0.05, 0) is 6.08 Å². The highest BCUT2D eigenvalue weighted by Gasteiger charge is 2.39. The van der Waals surface area contributed by atoms with Gasteiger partial charge in [-0.1, -0.05) is 23.8 Å². The van der Waals surface area contributed by atoms with Gasteiger partial charge in [0, 0.05) is 18.4 Å². The molecule has 0 unspecified atom stereocenters. The van der Waals surface area contributed by atoms with E-state index in [0.29, 0.717) is 24.1 Å². The number of hydrogen-bond acceptors (Lipinski definition) is 3. The number of allylic oxidation sites excluding steroid dienone is 3. The van der Waals surface area contributed by atoms with Crippen LogP contribution in [0.5, 0.6) is 0 Å². The SMILES string of the molecule is CC1=[N+](CCCS(=O)(=O)O)S[C@H]2C=CC(Cl)=C[C@H]12. The first-order valence-corrected chi connectivity index (χ1v) is 8.47. The third-order valence-electron chi connectivity index (χ3n) is 3.03. The van der Waals surface area contributed by atoms with Gasteiger partial charge in [0.2, 0.25) is 0 Å². The molecular formula is C11H15ClNO3S2+. The first-order valence-electron chi connectivity index (χ1n) is 5.65. The molecule has 0 radical (unpaired) electrons. The van der Waals surface area contributed by atoms with Crippen LogP contribution in [-0.2, 0) is 10.1 Å². The van der Waals surface area contributed by atoms with E-state index >= 15 is 0 Å². The van der Waals surface area contributed by atoms with Crippen LogP contribution in [0, 0.1) is 5.92 Å². The molecule has 0 aromatic heterocycles. The van der Waals surface area contributed by atoms with E-state index in [1.165, 1.54) is 5.71 Å². The second-order valence-corrected chi connectivity index (χ2v) is 7.59. The van der Waals surface area contributed by atoms with E-state index in [9.17, 15) is 8.42 Å². The monoisotopic (exact) mass is 308 g/mol. The zero-order valence-corrected chi connectivity index (χ0v) is 12.3. The highest BCUT2D eigenvalue weighted by molar-refractivity contribution is 7.94. The summed E-state index contributed by atoms with van der Waals surface area (Å²) in [7, 11) is -3.86. The molecule has 0 aromatic rings. The molecule has 1 aliphatic carbocycles. The molecule has 0 saturated carbocycles. The van der Waals surface area contributed by atoms with Crippen molar-refractivity contribution in [2.24, 2.45) is 5.92 Å². The Morgan fingerprint density at radius 1 is 1.56 bits per heavy atom. The molecule has 1 N–H and O–H groups in total. The van der Waals surface area contributed by atoms with Gasteiger partial charge in [0.15, 0.2) is 24.2 Å². The molecule has 0 fully saturated rings. The van der Waals surface area contributed by atoms with Gasteiger partial charge in [0.05, 0.1) is 11.7 Å². The Morgan fingerprint density at radius 2 is 2.28 bits per heavy atom. The van der Waals surface area contributed by atoms with E-state index in [2.05, 4.69) is 10.1 Å². The molecule has 7 heteroatoms. The van der Waals surface area contributed by atoms with Gasteiger partial charge in [-0.15, -0.1) is 0 Å². The van der Waals surface area contributed by atoms with Crippen LogP contribution < -0.4 is 0 Å². The number of rotatable bonds is 4. The lowest BCUT2D eigenvalue weighted by molar-refractivity contribution is -0.346. The quantitative estimate of drug-likeness (QED) is 0.491. The molecule has 18 heavy (non-hydrogen) atoms. The van der Waals surface area contributed by atoms with Crippen molar-refractivity contribution in [1.29, 1.82) is 0 Å². The standard InChI is InChI=1S/C11H14ClNO3S2/c1-8-10-7-9(12)3-4-11(10)17-13(8)5-2-6-18(14,15)16/h3-4,7,10-11H,2,5-6H2,1H3/p+1/t10-,11+/m1/s1. The van der Waals surface area contributed by atoms with Crippen molar-refractivity contribution >= 4 is 39.4 Å². The van der Waals surface area contributed by atoms with Crippen molar-refractivity contribution in [1.82, 2.24) is 0 Å². The van der Waals surface area contributed by atoms with Crippen LogP contribution in [-0.4, -0.2) is 40.2 Å². The number of hydrogen-bond donors (Lipinski definition) is 1. The first-order chi connectivity index (χ1) is 8.37. The second kappa shape index (κ2) is 5.36. The fourth-order valence-electron chi connectivity index (χ4n) is 2.10. The molecule has 100 valence electrons. The smallest absolute Gasteiger partial charge is 0.265 e. The molecule has 2 atom stereocenters. The second-order valence-electron chi connectivity index (χ2n) is 4.39. The van der Waals surface area contributed by atoms with Gasteiger partial charge >= 0.3 is 0 Å². The molecule has 0 amide bonds. The molecule has 4 nitrogen and oxygen atoms in total. The fourth-order valence-corrected chi connectivity index (χ4v) is 4.18. The lowest BCUT2D eigenvalue weighted by atomic mass is 9.96. The highest BCUT2D eigenvalue weighted by Crippen LogP contribution is 2.36. The van der Waals surface area contributed by atoms with Crippen LogP contribution in [0.1, 0.15) is 13.3 Å². The van der Waals surface area contributed by atoms with Crippen LogP contribution in [0.3, 0.4) is 0 Å². The molecule has 1 aliphatic heterocycles. The van der Waals surface area contributed by atoms with E-state index in [1.54, 1.807) is 11.9 Å². The molecule has 0 spiro atoms. The third kappa shape index (κ3) is 3.38. The fraction of sp³-hybridized carbons (Fsp3) is 0.545. The summed E-state index contributed by atoms with van der Waals surface area (Å²) in [5.41, 5.74) is 1.18. The Labute approximate surface area is 116 Å². The number of fused-ring (bicyclic) bond motifs is 1. The van der Waals surface area contributed by atoms with Crippen LogP contribution in [0.15, 0.2) is 23.3 Å². The Bertz CT molecular complexity index is 536. The average molecular weight is 309 g/mol. The minimum Gasteiger partial charge on any atom is -0.286 e. The predicted molar refractivity (Wildman–Crippen MR) is 74.8 cm³/mol. The van der Waals surface area contributed by atoms with Gasteiger partial charge in [-0.2, -0.15) is 12.4 Å². The third-order valence-corrected chi connectivity index (χ3v) is 5.50. The number of nitrogens with zero attached hydrogens (tertiary/aromatic N) is 1. The summed E-state index contributed by atoms with van der Waals surface area (Å²) in [6.45, 7) is 2.65. The predicted octanol–water partition coefficient (Wildman–Crippen LogP) is 2.08. The lowest BCUT2D eigenvalue weighted by Crippen LogP contribution is -2.19. The van der Waals surface area contributed by atoms with Crippen molar-refractivity contribution in [3.63, 3.8) is 0 Å². The van der Waals surface area contributed by atoms with Crippen LogP contribution >= 0.6 is 23.5 Å². The summed E-state index contributed by atoms with van der Waals surface area (Å²) in [6, 6.07) is 0. The normalized spacial score (nSPS) is 27.4. The lowest BCUT2D eigenvalue weighted by Gasteiger charge is -2.10. The zero-order chi connectivity index (χ0) is 13.3. The van der Waals surface area contributed by atoms with Crippen LogP contribution in [0.25, 0.3) is 0 Å². The van der Waals surface area contributed by atoms with Crippen LogP contribution in [0.4, 0.5) is 0 Å². The molecule has 2 rings (SSSR count). The maximum absolute atomic E-state index is 10.7. The van der Waals surface area contributed by atoms with Crippen molar-refractivity contribution in [2.45, 2.75) is 18.6 Å². The Morgan fingerprint density at radius 3 is 2.94 bits per heavy atom. The summed E-state index contributed by atoms with van der Waals surface area (Å²) >= 11 is 7.67. The molecule has 0 aromatic carbocycles. The van der Waals surface area contributed by atoms with E-state index in [0.717, 1.165) is 5.03 Å². The Hall–Kier alpha value is -0.300. The van der Waals surface area contributed by atoms with Crippen LogP contribution in [0.2, 0.25) is 0 Å². The highest BCUT2D eigenvalue weighted by atomic mass is 35.5. The van der Waals surface area contributed by atoms with Crippen molar-refractivity contribution in [2.75, 3.05) is 12.3 Å². The zero-order valence-electron chi connectivity index (χ0n) is 9.91. The summed E-state index contributed by atoms with van der Waals surface area (Å²) < 4.78 is 32.1. The molecule has 0 bridgehead atoms.